The predicted octanol–water partition coefficient (Wildman–Crippen LogP) is 5.05. The van der Waals surface area contributed by atoms with Gasteiger partial charge in [0.05, 0.1) is 27.2 Å². The van der Waals surface area contributed by atoms with Gasteiger partial charge in [-0.25, -0.2) is 8.78 Å². The first kappa shape index (κ1) is 26.4. The van der Waals surface area contributed by atoms with E-state index in [2.05, 4.69) is 0 Å². The van der Waals surface area contributed by atoms with Gasteiger partial charge < -0.3 is 29.7 Å². The van der Waals surface area contributed by atoms with E-state index >= 15 is 4.39 Å². The van der Waals surface area contributed by atoms with Crippen LogP contribution in [-0.2, 0) is 16.0 Å². The second-order valence-electron chi connectivity index (χ2n) is 9.40. The summed E-state index contributed by atoms with van der Waals surface area (Å²) < 4.78 is 52.6. The summed E-state index contributed by atoms with van der Waals surface area (Å²) in [6, 6.07) is 12.8. The first-order chi connectivity index (χ1) is 18.9. The molecule has 1 heterocycles. The molecule has 0 saturated carbocycles. The van der Waals surface area contributed by atoms with Crippen molar-refractivity contribution < 1.29 is 37.8 Å². The fraction of sp³-hybridized carbons (Fsp3) is 0.267. The molecule has 3 N–H and O–H groups in total. The van der Waals surface area contributed by atoms with Crippen molar-refractivity contribution in [3.8, 4) is 23.0 Å². The van der Waals surface area contributed by atoms with Gasteiger partial charge in [0.2, 0.25) is 0 Å². The van der Waals surface area contributed by atoms with Gasteiger partial charge in [-0.15, -0.1) is 0 Å². The number of esters is 1. The molecule has 2 aliphatic rings. The van der Waals surface area contributed by atoms with Crippen LogP contribution in [0.3, 0.4) is 0 Å². The van der Waals surface area contributed by atoms with Crippen molar-refractivity contribution in [2.75, 3.05) is 20.8 Å². The van der Waals surface area contributed by atoms with Gasteiger partial charge in [-0.2, -0.15) is 0 Å². The first-order valence-corrected chi connectivity index (χ1v) is 12.7. The lowest BCUT2D eigenvalue weighted by Gasteiger charge is -2.17. The minimum atomic E-state index is -0.558. The van der Waals surface area contributed by atoms with Crippen LogP contribution in [0.15, 0.2) is 54.6 Å². The van der Waals surface area contributed by atoms with E-state index in [9.17, 15) is 9.18 Å². The van der Waals surface area contributed by atoms with Gasteiger partial charge in [0.1, 0.15) is 34.9 Å². The summed E-state index contributed by atoms with van der Waals surface area (Å²) >= 11 is 0. The smallest absolute Gasteiger partial charge is 0.306 e. The fourth-order valence-electron chi connectivity index (χ4n) is 5.13. The zero-order valence-corrected chi connectivity index (χ0v) is 21.6. The van der Waals surface area contributed by atoms with Crippen LogP contribution in [0.1, 0.15) is 47.1 Å². The number of halogens is 2. The Morgan fingerprint density at radius 2 is 1.95 bits per heavy atom. The molecule has 5 rings (SSSR count). The van der Waals surface area contributed by atoms with E-state index in [4.69, 9.17) is 24.4 Å². The van der Waals surface area contributed by atoms with Crippen molar-refractivity contribution in [3.63, 3.8) is 0 Å². The van der Waals surface area contributed by atoms with Crippen LogP contribution in [-0.4, -0.2) is 32.9 Å². The van der Waals surface area contributed by atoms with E-state index in [1.807, 2.05) is 13.1 Å². The maximum Gasteiger partial charge on any atom is 0.306 e. The molecule has 3 aromatic rings. The van der Waals surface area contributed by atoms with Crippen LogP contribution in [0.4, 0.5) is 8.78 Å². The van der Waals surface area contributed by atoms with Crippen LogP contribution in [0.2, 0.25) is 0 Å². The third-order valence-corrected chi connectivity index (χ3v) is 7.08. The third kappa shape index (κ3) is 5.35. The highest BCUT2D eigenvalue weighted by atomic mass is 19.1. The molecule has 0 fully saturated rings. The van der Waals surface area contributed by atoms with Gasteiger partial charge in [-0.1, -0.05) is 6.07 Å². The Morgan fingerprint density at radius 3 is 2.69 bits per heavy atom. The SMILES string of the molecule is C[NH2+]/C(=C\C=N)c1ccc(Oc2ccc(F)c3c2CC[C@H]3Oc2ccc3c(c2)OC[C@H]3CC(=O)OC)c(F)c1. The van der Waals surface area contributed by atoms with E-state index in [-0.39, 0.29) is 24.1 Å². The number of fused-ring (bicyclic) bond motifs is 2. The first-order valence-electron chi connectivity index (χ1n) is 12.7. The molecule has 1 aliphatic heterocycles. The van der Waals surface area contributed by atoms with Crippen molar-refractivity contribution >= 4 is 17.9 Å². The minimum Gasteiger partial charge on any atom is -0.492 e. The van der Waals surface area contributed by atoms with Crippen molar-refractivity contribution in [3.05, 3.63) is 88.5 Å². The highest BCUT2D eigenvalue weighted by Gasteiger charge is 2.32. The van der Waals surface area contributed by atoms with Gasteiger partial charge in [0.15, 0.2) is 11.6 Å². The second kappa shape index (κ2) is 11.2. The maximum absolute atomic E-state index is 15.0. The average Bonchev–Trinajstić information content (AvgIpc) is 3.54. The molecule has 1 aliphatic carbocycles. The molecule has 0 spiro atoms. The van der Waals surface area contributed by atoms with Crippen LogP contribution in [0.25, 0.3) is 5.70 Å². The number of hydrogen-bond acceptors (Lipinski definition) is 6. The Labute approximate surface area is 224 Å². The molecule has 2 atom stereocenters. The van der Waals surface area contributed by atoms with E-state index in [1.165, 1.54) is 31.4 Å². The third-order valence-electron chi connectivity index (χ3n) is 7.08. The normalized spacial score (nSPS) is 17.7. The van der Waals surface area contributed by atoms with Crippen molar-refractivity contribution in [2.24, 2.45) is 0 Å². The molecule has 202 valence electrons. The van der Waals surface area contributed by atoms with Crippen molar-refractivity contribution in [1.29, 1.82) is 5.41 Å². The molecule has 0 saturated heterocycles. The number of hydrogen-bond donors (Lipinski definition) is 2. The Balaban J connectivity index is 1.35. The molecule has 0 aromatic heterocycles. The summed E-state index contributed by atoms with van der Waals surface area (Å²) in [5.41, 5.74) is 3.29. The average molecular weight is 536 g/mol. The summed E-state index contributed by atoms with van der Waals surface area (Å²) in [6.07, 6.45) is 3.45. The number of nitrogens with one attached hydrogen (secondary N) is 1. The zero-order valence-electron chi connectivity index (χ0n) is 21.6. The highest BCUT2D eigenvalue weighted by molar-refractivity contribution is 5.79. The number of quaternary nitrogens is 1. The molecular formula is C30H29F2N2O5+. The number of allylic oxidation sites excluding steroid dienone is 1. The lowest BCUT2D eigenvalue weighted by Crippen LogP contribution is -2.76. The van der Waals surface area contributed by atoms with E-state index < -0.39 is 17.7 Å². The largest absolute Gasteiger partial charge is 0.492 e. The lowest BCUT2D eigenvalue weighted by molar-refractivity contribution is -0.530. The number of benzene rings is 3. The monoisotopic (exact) mass is 535 g/mol. The molecule has 0 unspecified atom stereocenters. The molecule has 3 aromatic carbocycles. The minimum absolute atomic E-state index is 0.0273. The van der Waals surface area contributed by atoms with Crippen LogP contribution in [0, 0.1) is 17.0 Å². The van der Waals surface area contributed by atoms with Gasteiger partial charge in [-0.05, 0) is 49.2 Å². The Bertz CT molecular complexity index is 1460. The molecule has 0 bridgehead atoms. The number of carbonyl (C=O) groups excluding carboxylic acids is 1. The lowest BCUT2D eigenvalue weighted by atomic mass is 9.98. The van der Waals surface area contributed by atoms with Gasteiger partial charge in [-0.3, -0.25) is 4.79 Å². The number of rotatable bonds is 9. The van der Waals surface area contributed by atoms with Gasteiger partial charge in [0.25, 0.3) is 0 Å². The van der Waals surface area contributed by atoms with Crippen LogP contribution < -0.4 is 19.5 Å². The standard InChI is InChI=1S/C30H28F2N2O5/c1-34-24(11-12-33)17-3-8-26(23(32)13-17)39-25-10-7-22(31)30-21(25)6-9-27(30)38-19-4-5-20-18(14-29(35)36-2)16-37-28(20)15-19/h3-5,7-8,10-13,15,18,27,33-34H,6,9,14,16H2,1-2H3/p+1/b24-11-,33-12?/t18-,27-/m1/s1. The quantitative estimate of drug-likeness (QED) is 0.296. The molecule has 39 heavy (non-hydrogen) atoms. The molecule has 0 radical (unpaired) electrons. The van der Waals surface area contributed by atoms with Gasteiger partial charge in [0, 0.05) is 46.5 Å². The van der Waals surface area contributed by atoms with E-state index in [1.54, 1.807) is 29.6 Å². The highest BCUT2D eigenvalue weighted by Crippen LogP contribution is 2.44. The summed E-state index contributed by atoms with van der Waals surface area (Å²) in [5.74, 6) is 0.217. The number of ether oxygens (including phenoxy) is 4. The number of carbonyl (C=O) groups is 1. The van der Waals surface area contributed by atoms with Crippen molar-refractivity contribution in [2.45, 2.75) is 31.3 Å². The van der Waals surface area contributed by atoms with Crippen LogP contribution >= 0.6 is 0 Å². The molecular weight excluding hydrogens is 506 g/mol. The fourth-order valence-corrected chi connectivity index (χ4v) is 5.13. The van der Waals surface area contributed by atoms with E-state index in [0.29, 0.717) is 59.1 Å². The maximum atomic E-state index is 15.0. The summed E-state index contributed by atoms with van der Waals surface area (Å²) in [4.78, 5) is 11.7. The zero-order chi connectivity index (χ0) is 27.5. The van der Waals surface area contributed by atoms with Crippen molar-refractivity contribution in [1.82, 2.24) is 0 Å². The van der Waals surface area contributed by atoms with E-state index in [0.717, 1.165) is 11.8 Å². The summed E-state index contributed by atoms with van der Waals surface area (Å²) in [5, 5.41) is 9.07. The number of nitrogens with two attached hydrogens (primary N) is 1. The van der Waals surface area contributed by atoms with Gasteiger partial charge >= 0.3 is 5.97 Å². The summed E-state index contributed by atoms with van der Waals surface area (Å²) in [6.45, 7) is 0.379. The molecule has 7 nitrogen and oxygen atoms in total. The predicted molar refractivity (Wildman–Crippen MR) is 140 cm³/mol. The second-order valence-corrected chi connectivity index (χ2v) is 9.40. The Hall–Kier alpha value is -4.24. The van der Waals surface area contributed by atoms with Crippen LogP contribution in [0.5, 0.6) is 23.0 Å². The number of methoxy groups -OCH3 is 1. The summed E-state index contributed by atoms with van der Waals surface area (Å²) in [7, 11) is 3.17. The molecule has 9 heteroatoms. The topological polar surface area (TPSA) is 94.5 Å². The Kier molecular flexibility index (Phi) is 7.60. The Morgan fingerprint density at radius 1 is 1.13 bits per heavy atom. The molecule has 0 amide bonds.